The van der Waals surface area contributed by atoms with Crippen molar-refractivity contribution in [3.05, 3.63) is 53.9 Å². The number of carbonyl (C=O) groups excluding carboxylic acids is 3. The topological polar surface area (TPSA) is 86.6 Å². The second-order valence-electron chi connectivity index (χ2n) is 4.92. The number of hydrogen-bond donors (Lipinski definition) is 1. The van der Waals surface area contributed by atoms with Crippen LogP contribution in [0.4, 0.5) is 0 Å². The summed E-state index contributed by atoms with van der Waals surface area (Å²) >= 11 is 0. The van der Waals surface area contributed by atoms with Crippen molar-refractivity contribution in [3.8, 4) is 5.75 Å². The van der Waals surface area contributed by atoms with E-state index in [4.69, 9.17) is 9.47 Å². The Bertz CT molecular complexity index is 734. The lowest BCUT2D eigenvalue weighted by atomic mass is 10.2. The molecule has 0 spiro atoms. The monoisotopic (exact) mass is 330 g/mol. The van der Waals surface area contributed by atoms with Crippen molar-refractivity contribution in [1.29, 1.82) is 0 Å². The summed E-state index contributed by atoms with van der Waals surface area (Å²) in [6.45, 7) is 1.85. The molecule has 0 bridgehead atoms. The fourth-order valence-electron chi connectivity index (χ4n) is 1.99. The molecule has 0 aliphatic rings. The molecule has 0 unspecified atom stereocenters. The van der Waals surface area contributed by atoms with Gasteiger partial charge in [0.1, 0.15) is 11.4 Å². The lowest BCUT2D eigenvalue weighted by molar-refractivity contribution is -0.123. The van der Waals surface area contributed by atoms with Crippen LogP contribution in [0.1, 0.15) is 27.8 Å². The van der Waals surface area contributed by atoms with Crippen molar-refractivity contribution in [2.45, 2.75) is 6.92 Å². The van der Waals surface area contributed by atoms with E-state index in [2.05, 4.69) is 5.32 Å². The Hall–Kier alpha value is -3.09. The highest BCUT2D eigenvalue weighted by Crippen LogP contribution is 2.12. The molecular formula is C17H18N2O5. The van der Waals surface area contributed by atoms with Crippen LogP contribution in [0.15, 0.2) is 42.6 Å². The van der Waals surface area contributed by atoms with Gasteiger partial charge in [0.2, 0.25) is 0 Å². The van der Waals surface area contributed by atoms with Gasteiger partial charge in [-0.05, 0) is 43.3 Å². The molecule has 2 amide bonds. The lowest BCUT2D eigenvalue weighted by Gasteiger charge is -2.07. The van der Waals surface area contributed by atoms with Gasteiger partial charge in [0.05, 0.1) is 12.2 Å². The number of benzene rings is 1. The molecule has 1 aromatic carbocycles. The number of esters is 1. The normalized spacial score (nSPS) is 10.1. The first kappa shape index (κ1) is 17.3. The maximum Gasteiger partial charge on any atom is 0.338 e. The van der Waals surface area contributed by atoms with Gasteiger partial charge in [0.15, 0.2) is 6.61 Å². The molecule has 0 aliphatic heterocycles. The number of aromatic nitrogens is 1. The SMILES string of the molecule is CCOc1ccc(C(=O)OCC(=O)NC(=O)c2cccn2C)cc1. The number of rotatable bonds is 6. The Morgan fingerprint density at radius 3 is 2.42 bits per heavy atom. The van der Waals surface area contributed by atoms with Crippen molar-refractivity contribution in [1.82, 2.24) is 9.88 Å². The van der Waals surface area contributed by atoms with Crippen LogP contribution in [0, 0.1) is 0 Å². The molecule has 0 fully saturated rings. The van der Waals surface area contributed by atoms with Crippen LogP contribution in [0.25, 0.3) is 0 Å². The highest BCUT2D eigenvalue weighted by Gasteiger charge is 2.15. The zero-order chi connectivity index (χ0) is 17.5. The molecule has 2 rings (SSSR count). The minimum Gasteiger partial charge on any atom is -0.494 e. The average Bonchev–Trinajstić information content (AvgIpc) is 3.00. The van der Waals surface area contributed by atoms with Gasteiger partial charge in [-0.2, -0.15) is 0 Å². The van der Waals surface area contributed by atoms with Gasteiger partial charge < -0.3 is 14.0 Å². The summed E-state index contributed by atoms with van der Waals surface area (Å²) in [4.78, 5) is 35.4. The summed E-state index contributed by atoms with van der Waals surface area (Å²) in [6.07, 6.45) is 1.69. The summed E-state index contributed by atoms with van der Waals surface area (Å²) in [5, 5.41) is 2.16. The quantitative estimate of drug-likeness (QED) is 0.812. The number of amides is 2. The summed E-state index contributed by atoms with van der Waals surface area (Å²) in [5.74, 6) is -1.26. The third-order valence-corrected chi connectivity index (χ3v) is 3.16. The first-order valence-corrected chi connectivity index (χ1v) is 7.36. The number of imide groups is 1. The third kappa shape index (κ3) is 4.45. The highest BCUT2D eigenvalue weighted by atomic mass is 16.5. The van der Waals surface area contributed by atoms with Crippen LogP contribution in [-0.4, -0.2) is 35.6 Å². The largest absolute Gasteiger partial charge is 0.494 e. The molecular weight excluding hydrogens is 312 g/mol. The highest BCUT2D eigenvalue weighted by molar-refractivity contribution is 6.04. The molecule has 0 aliphatic carbocycles. The van der Waals surface area contributed by atoms with E-state index in [1.54, 1.807) is 54.2 Å². The fourth-order valence-corrected chi connectivity index (χ4v) is 1.99. The maximum atomic E-state index is 11.9. The first-order chi connectivity index (χ1) is 11.5. The predicted octanol–water partition coefficient (Wildman–Crippen LogP) is 1.54. The standard InChI is InChI=1S/C17H18N2O5/c1-3-23-13-8-6-12(7-9-13)17(22)24-11-15(20)18-16(21)14-5-4-10-19(14)2/h4-10H,3,11H2,1-2H3,(H,18,20,21). The molecule has 24 heavy (non-hydrogen) atoms. The molecule has 1 aromatic heterocycles. The van der Waals surface area contributed by atoms with E-state index in [1.807, 2.05) is 6.92 Å². The predicted molar refractivity (Wildman–Crippen MR) is 85.8 cm³/mol. The van der Waals surface area contributed by atoms with Crippen LogP contribution in [0.2, 0.25) is 0 Å². The van der Waals surface area contributed by atoms with Crippen molar-refractivity contribution < 1.29 is 23.9 Å². The Kier molecular flexibility index (Phi) is 5.73. The molecule has 2 aromatic rings. The van der Waals surface area contributed by atoms with Gasteiger partial charge in [-0.1, -0.05) is 0 Å². The van der Waals surface area contributed by atoms with Crippen LogP contribution in [0.3, 0.4) is 0 Å². The smallest absolute Gasteiger partial charge is 0.338 e. The van der Waals surface area contributed by atoms with Crippen LogP contribution < -0.4 is 10.1 Å². The Labute approximate surface area is 139 Å². The summed E-state index contributed by atoms with van der Waals surface area (Å²) in [7, 11) is 1.69. The number of hydrogen-bond acceptors (Lipinski definition) is 5. The van der Waals surface area contributed by atoms with Gasteiger partial charge in [0.25, 0.3) is 11.8 Å². The van der Waals surface area contributed by atoms with E-state index < -0.39 is 24.4 Å². The van der Waals surface area contributed by atoms with Crippen molar-refractivity contribution in [2.24, 2.45) is 7.05 Å². The van der Waals surface area contributed by atoms with Gasteiger partial charge in [-0.15, -0.1) is 0 Å². The molecule has 1 heterocycles. The van der Waals surface area contributed by atoms with Gasteiger partial charge in [-0.25, -0.2) is 4.79 Å². The molecule has 126 valence electrons. The summed E-state index contributed by atoms with van der Waals surface area (Å²) < 4.78 is 11.7. The van der Waals surface area contributed by atoms with Crippen LogP contribution in [-0.2, 0) is 16.6 Å². The van der Waals surface area contributed by atoms with E-state index in [0.29, 0.717) is 23.6 Å². The summed E-state index contributed by atoms with van der Waals surface area (Å²) in [6, 6.07) is 9.62. The second kappa shape index (κ2) is 7.96. The molecule has 0 saturated heterocycles. The molecule has 0 atom stereocenters. The van der Waals surface area contributed by atoms with E-state index in [1.165, 1.54) is 0 Å². The van der Waals surface area contributed by atoms with Gasteiger partial charge in [0, 0.05) is 13.2 Å². The molecule has 7 nitrogen and oxygen atoms in total. The van der Waals surface area contributed by atoms with E-state index >= 15 is 0 Å². The number of nitrogens with one attached hydrogen (secondary N) is 1. The molecule has 0 saturated carbocycles. The minimum atomic E-state index is -0.694. The van der Waals surface area contributed by atoms with Gasteiger partial charge >= 0.3 is 5.97 Å². The maximum absolute atomic E-state index is 11.9. The lowest BCUT2D eigenvalue weighted by Crippen LogP contribution is -2.35. The minimum absolute atomic E-state index is 0.292. The number of carbonyl (C=O) groups is 3. The number of nitrogens with zero attached hydrogens (tertiary/aromatic N) is 1. The van der Waals surface area contributed by atoms with Gasteiger partial charge in [-0.3, -0.25) is 14.9 Å². The third-order valence-electron chi connectivity index (χ3n) is 3.16. The van der Waals surface area contributed by atoms with Crippen LogP contribution in [0.5, 0.6) is 5.75 Å². The Balaban J connectivity index is 1.83. The summed E-state index contributed by atoms with van der Waals surface area (Å²) in [5.41, 5.74) is 0.626. The molecule has 7 heteroatoms. The Morgan fingerprint density at radius 1 is 1.12 bits per heavy atom. The zero-order valence-electron chi connectivity index (χ0n) is 13.4. The van der Waals surface area contributed by atoms with Crippen LogP contribution >= 0.6 is 0 Å². The van der Waals surface area contributed by atoms with E-state index in [-0.39, 0.29) is 0 Å². The number of ether oxygens (including phenoxy) is 2. The van der Waals surface area contributed by atoms with Crippen molar-refractivity contribution in [2.75, 3.05) is 13.2 Å². The van der Waals surface area contributed by atoms with Crippen molar-refractivity contribution >= 4 is 17.8 Å². The molecule has 0 radical (unpaired) electrons. The fraction of sp³-hybridized carbons (Fsp3) is 0.235. The molecule has 1 N–H and O–H groups in total. The Morgan fingerprint density at radius 2 is 1.83 bits per heavy atom. The van der Waals surface area contributed by atoms with E-state index in [9.17, 15) is 14.4 Å². The first-order valence-electron chi connectivity index (χ1n) is 7.36. The van der Waals surface area contributed by atoms with Crippen molar-refractivity contribution in [3.63, 3.8) is 0 Å². The number of aryl methyl sites for hydroxylation is 1. The average molecular weight is 330 g/mol. The second-order valence-corrected chi connectivity index (χ2v) is 4.92. The van der Waals surface area contributed by atoms with E-state index in [0.717, 1.165) is 0 Å². The zero-order valence-corrected chi connectivity index (χ0v) is 13.4.